The first-order chi connectivity index (χ1) is 18.1. The van der Waals surface area contributed by atoms with Gasteiger partial charge < -0.3 is 19.6 Å². The number of likely N-dealkylation sites (N-methyl/N-ethyl adjacent to an activating group) is 1. The minimum absolute atomic E-state index is 0.0231. The number of carbonyl (C=O) groups is 2. The largest absolute Gasteiger partial charge is 0.511 e. The van der Waals surface area contributed by atoms with Crippen molar-refractivity contribution in [2.75, 3.05) is 33.2 Å². The molecule has 38 heavy (non-hydrogen) atoms. The number of halogens is 1. The van der Waals surface area contributed by atoms with E-state index in [1.165, 1.54) is 0 Å². The smallest absolute Gasteiger partial charge is 0.449 e. The number of carbonyl (C=O) groups excluding carboxylic acids is 1. The first-order valence-electron chi connectivity index (χ1n) is 13.7. The lowest BCUT2D eigenvalue weighted by molar-refractivity contribution is -0.0156. The van der Waals surface area contributed by atoms with Gasteiger partial charge in [-0.3, -0.25) is 9.69 Å². The van der Waals surface area contributed by atoms with E-state index in [0.717, 1.165) is 69.4 Å². The number of nitrogens with zero attached hydrogens (tertiary/aromatic N) is 3. The van der Waals surface area contributed by atoms with Crippen molar-refractivity contribution in [3.63, 3.8) is 0 Å². The van der Waals surface area contributed by atoms with Crippen molar-refractivity contribution in [1.29, 1.82) is 0 Å². The van der Waals surface area contributed by atoms with Gasteiger partial charge in [0, 0.05) is 38.3 Å². The molecule has 7 nitrogen and oxygen atoms in total. The van der Waals surface area contributed by atoms with E-state index in [4.69, 9.17) is 21.4 Å². The van der Waals surface area contributed by atoms with Gasteiger partial charge >= 0.3 is 6.16 Å². The summed E-state index contributed by atoms with van der Waals surface area (Å²) in [5, 5.41) is 9.62. The highest BCUT2D eigenvalue weighted by atomic mass is 35.5. The molecule has 1 aliphatic heterocycles. The van der Waals surface area contributed by atoms with Crippen LogP contribution in [0.15, 0.2) is 42.5 Å². The van der Waals surface area contributed by atoms with E-state index in [9.17, 15) is 9.59 Å². The van der Waals surface area contributed by atoms with Gasteiger partial charge in [0.2, 0.25) is 0 Å². The molecule has 0 aromatic heterocycles. The zero-order chi connectivity index (χ0) is 27.0. The standard InChI is InChI=1S/C30H38ClN3O4/c1-30(2)19-21(33-16-14-32(3)15-17-33)10-13-27(30)34(28(35)23-6-4-5-7-25(23)31)26-12-9-20-8-11-22(18-24(20)26)38-29(36)37/h4-8,11,18,21,26-27H,9-10,12-17,19H2,1-3H3,(H,36,37)/t21?,26-,27?/m1/s1. The van der Waals surface area contributed by atoms with E-state index in [2.05, 4.69) is 35.6 Å². The van der Waals surface area contributed by atoms with Crippen molar-refractivity contribution in [3.8, 4) is 5.75 Å². The molecule has 2 aromatic rings. The third kappa shape index (κ3) is 5.42. The van der Waals surface area contributed by atoms with Crippen LogP contribution >= 0.6 is 11.6 Å². The zero-order valence-corrected chi connectivity index (χ0v) is 23.3. The van der Waals surface area contributed by atoms with Crippen LogP contribution in [0.1, 0.15) is 67.1 Å². The fourth-order valence-corrected chi connectivity index (χ4v) is 7.10. The number of rotatable bonds is 5. The summed E-state index contributed by atoms with van der Waals surface area (Å²) in [4.78, 5) is 32.7. The Morgan fingerprint density at radius 3 is 2.47 bits per heavy atom. The van der Waals surface area contributed by atoms with Crippen LogP contribution in [0.2, 0.25) is 5.02 Å². The van der Waals surface area contributed by atoms with Crippen molar-refractivity contribution in [2.45, 2.75) is 64.1 Å². The molecular formula is C30H38ClN3O4. The highest BCUT2D eigenvalue weighted by Crippen LogP contribution is 2.47. The summed E-state index contributed by atoms with van der Waals surface area (Å²) in [5.74, 6) is 0.223. The third-order valence-electron chi connectivity index (χ3n) is 8.87. The van der Waals surface area contributed by atoms with Gasteiger partial charge in [0.15, 0.2) is 0 Å². The van der Waals surface area contributed by atoms with Crippen LogP contribution in [0, 0.1) is 5.41 Å². The second kappa shape index (κ2) is 10.9. The van der Waals surface area contributed by atoms with Crippen molar-refractivity contribution in [2.24, 2.45) is 5.41 Å². The van der Waals surface area contributed by atoms with Crippen molar-refractivity contribution in [3.05, 3.63) is 64.2 Å². The first-order valence-corrected chi connectivity index (χ1v) is 14.1. The number of hydrogen-bond acceptors (Lipinski definition) is 5. The van der Waals surface area contributed by atoms with E-state index in [0.29, 0.717) is 16.6 Å². The number of benzene rings is 2. The van der Waals surface area contributed by atoms with Crippen molar-refractivity contribution < 1.29 is 19.4 Å². The van der Waals surface area contributed by atoms with E-state index in [1.54, 1.807) is 24.3 Å². The molecule has 2 fully saturated rings. The lowest BCUT2D eigenvalue weighted by atomic mass is 9.69. The van der Waals surface area contributed by atoms with Gasteiger partial charge in [0.25, 0.3) is 5.91 Å². The second-order valence-electron chi connectivity index (χ2n) is 11.8. The SMILES string of the molecule is CN1CCN(C2CCC(N(C(=O)c3ccccc3Cl)[C@@H]3CCc4ccc(OC(=O)O)cc43)C(C)(C)C2)CC1. The van der Waals surface area contributed by atoms with Crippen LogP contribution in [0.3, 0.4) is 0 Å². The Kier molecular flexibility index (Phi) is 7.72. The van der Waals surface area contributed by atoms with Gasteiger partial charge in [-0.05, 0) is 80.0 Å². The maximum atomic E-state index is 14.3. The Hall–Kier alpha value is -2.61. The molecule has 0 bridgehead atoms. The van der Waals surface area contributed by atoms with Gasteiger partial charge in [0.1, 0.15) is 5.75 Å². The average molecular weight is 540 g/mol. The van der Waals surface area contributed by atoms with E-state index >= 15 is 0 Å². The number of hydrogen-bond donors (Lipinski definition) is 1. The monoisotopic (exact) mass is 539 g/mol. The first kappa shape index (κ1) is 27.0. The minimum atomic E-state index is -1.34. The van der Waals surface area contributed by atoms with E-state index < -0.39 is 6.16 Å². The molecule has 8 heteroatoms. The molecule has 0 spiro atoms. The average Bonchev–Trinajstić information content (AvgIpc) is 3.28. The topological polar surface area (TPSA) is 73.3 Å². The maximum Gasteiger partial charge on any atom is 0.511 e. The summed E-state index contributed by atoms with van der Waals surface area (Å²) in [6.45, 7) is 8.96. The van der Waals surface area contributed by atoms with Crippen LogP contribution < -0.4 is 4.74 Å². The number of piperazine rings is 1. The predicted octanol–water partition coefficient (Wildman–Crippen LogP) is 5.72. The molecule has 3 atom stereocenters. The summed E-state index contributed by atoms with van der Waals surface area (Å²) in [6, 6.07) is 13.1. The Morgan fingerprint density at radius 2 is 1.79 bits per heavy atom. The fraction of sp³-hybridized carbons (Fsp3) is 0.533. The van der Waals surface area contributed by atoms with E-state index in [-0.39, 0.29) is 29.2 Å². The second-order valence-corrected chi connectivity index (χ2v) is 12.2. The Balaban J connectivity index is 1.48. The molecule has 3 aliphatic rings. The van der Waals surface area contributed by atoms with Crippen molar-refractivity contribution in [1.82, 2.24) is 14.7 Å². The fourth-order valence-electron chi connectivity index (χ4n) is 6.89. The van der Waals surface area contributed by atoms with Crippen LogP contribution in [-0.2, 0) is 6.42 Å². The molecule has 1 N–H and O–H groups in total. The maximum absolute atomic E-state index is 14.3. The molecule has 1 amide bonds. The normalized spacial score (nSPS) is 25.5. The summed E-state index contributed by atoms with van der Waals surface area (Å²) >= 11 is 6.56. The van der Waals surface area contributed by atoms with Crippen LogP contribution in [0.4, 0.5) is 4.79 Å². The molecule has 1 heterocycles. The molecule has 0 radical (unpaired) electrons. The Morgan fingerprint density at radius 1 is 1.05 bits per heavy atom. The zero-order valence-electron chi connectivity index (χ0n) is 22.5. The van der Waals surface area contributed by atoms with Gasteiger partial charge in [-0.25, -0.2) is 4.79 Å². The molecule has 5 rings (SSSR count). The summed E-state index contributed by atoms with van der Waals surface area (Å²) in [6.07, 6.45) is 3.26. The number of aryl methyl sites for hydroxylation is 1. The Bertz CT molecular complexity index is 1190. The van der Waals surface area contributed by atoms with E-state index in [1.807, 2.05) is 18.2 Å². The molecule has 1 saturated heterocycles. The summed E-state index contributed by atoms with van der Waals surface area (Å²) in [5.41, 5.74) is 2.51. The van der Waals surface area contributed by atoms with Crippen LogP contribution in [0.5, 0.6) is 5.75 Å². The van der Waals surface area contributed by atoms with Gasteiger partial charge in [-0.1, -0.05) is 43.6 Å². The van der Waals surface area contributed by atoms with Gasteiger partial charge in [-0.15, -0.1) is 0 Å². The number of carboxylic acid groups (broad SMARTS) is 1. The predicted molar refractivity (Wildman–Crippen MR) is 148 cm³/mol. The van der Waals surface area contributed by atoms with Gasteiger partial charge in [-0.2, -0.15) is 0 Å². The number of amides is 1. The van der Waals surface area contributed by atoms with Crippen LogP contribution in [0.25, 0.3) is 0 Å². The highest BCUT2D eigenvalue weighted by Gasteiger charge is 2.47. The lowest BCUT2D eigenvalue weighted by Crippen LogP contribution is -2.57. The summed E-state index contributed by atoms with van der Waals surface area (Å²) in [7, 11) is 2.18. The molecule has 2 unspecified atom stereocenters. The molecule has 2 aromatic carbocycles. The van der Waals surface area contributed by atoms with Crippen molar-refractivity contribution >= 4 is 23.7 Å². The minimum Gasteiger partial charge on any atom is -0.449 e. The molecule has 204 valence electrons. The quantitative estimate of drug-likeness (QED) is 0.387. The highest BCUT2D eigenvalue weighted by molar-refractivity contribution is 6.33. The number of fused-ring (bicyclic) bond motifs is 1. The molecule has 2 aliphatic carbocycles. The summed E-state index contributed by atoms with van der Waals surface area (Å²) < 4.78 is 4.99. The number of ether oxygens (including phenoxy) is 1. The van der Waals surface area contributed by atoms with Gasteiger partial charge in [0.05, 0.1) is 16.6 Å². The molecule has 1 saturated carbocycles. The Labute approximate surface area is 230 Å². The third-order valence-corrected chi connectivity index (χ3v) is 9.20. The van der Waals surface area contributed by atoms with Crippen LogP contribution in [-0.4, -0.2) is 77.2 Å². The molecular weight excluding hydrogens is 502 g/mol. The lowest BCUT2D eigenvalue weighted by Gasteiger charge is -2.52.